The molecule has 1 N–H and O–H groups in total. The Kier molecular flexibility index (Phi) is 4.25. The number of carbonyl (C=O) groups excluding carboxylic acids is 1. The lowest BCUT2D eigenvalue weighted by Gasteiger charge is -2.13. The van der Waals surface area contributed by atoms with E-state index in [1.807, 2.05) is 42.3 Å². The van der Waals surface area contributed by atoms with Crippen molar-refractivity contribution in [1.29, 1.82) is 0 Å². The molecule has 0 aliphatic heterocycles. The quantitative estimate of drug-likeness (QED) is 0.846. The standard InChI is InChI=1S/C13H17N5O/c1-14-13(19)10-17(2)9-11-8-15-18(16-11)12-6-4-3-5-7-12/h3-8H,9-10H2,1-2H3,(H,14,19). The molecular formula is C13H17N5O. The fourth-order valence-electron chi connectivity index (χ4n) is 1.71. The van der Waals surface area contributed by atoms with Crippen LogP contribution < -0.4 is 5.32 Å². The van der Waals surface area contributed by atoms with Crippen LogP contribution in [0.4, 0.5) is 0 Å². The normalized spacial score (nSPS) is 10.7. The summed E-state index contributed by atoms with van der Waals surface area (Å²) >= 11 is 0. The largest absolute Gasteiger partial charge is 0.358 e. The molecule has 0 bridgehead atoms. The number of aromatic nitrogens is 3. The second kappa shape index (κ2) is 6.10. The van der Waals surface area contributed by atoms with E-state index in [1.165, 1.54) is 0 Å². The molecule has 0 saturated heterocycles. The van der Waals surface area contributed by atoms with Crippen LogP contribution in [0.3, 0.4) is 0 Å². The summed E-state index contributed by atoms with van der Waals surface area (Å²) in [6.45, 7) is 0.926. The summed E-state index contributed by atoms with van der Waals surface area (Å²) in [5.74, 6) is -0.0158. The van der Waals surface area contributed by atoms with Gasteiger partial charge in [0.15, 0.2) is 0 Å². The molecule has 6 heteroatoms. The molecule has 0 radical (unpaired) electrons. The Hall–Kier alpha value is -2.21. The molecule has 0 saturated carbocycles. The zero-order valence-electron chi connectivity index (χ0n) is 11.1. The fourth-order valence-corrected chi connectivity index (χ4v) is 1.71. The number of para-hydroxylation sites is 1. The van der Waals surface area contributed by atoms with Crippen molar-refractivity contribution >= 4 is 5.91 Å². The van der Waals surface area contributed by atoms with Crippen molar-refractivity contribution in [2.75, 3.05) is 20.6 Å². The van der Waals surface area contributed by atoms with Crippen molar-refractivity contribution in [3.8, 4) is 5.69 Å². The summed E-state index contributed by atoms with van der Waals surface area (Å²) in [4.78, 5) is 14.7. The highest BCUT2D eigenvalue weighted by Crippen LogP contribution is 2.05. The van der Waals surface area contributed by atoms with Gasteiger partial charge in [-0.25, -0.2) is 0 Å². The van der Waals surface area contributed by atoms with E-state index in [1.54, 1.807) is 18.0 Å². The number of benzene rings is 1. The highest BCUT2D eigenvalue weighted by Gasteiger charge is 2.08. The molecule has 1 amide bonds. The Morgan fingerprint density at radius 1 is 1.37 bits per heavy atom. The van der Waals surface area contributed by atoms with Crippen LogP contribution in [0.25, 0.3) is 5.69 Å². The van der Waals surface area contributed by atoms with Crippen molar-refractivity contribution in [2.24, 2.45) is 0 Å². The van der Waals surface area contributed by atoms with Crippen LogP contribution in [0.1, 0.15) is 5.69 Å². The van der Waals surface area contributed by atoms with Crippen LogP contribution >= 0.6 is 0 Å². The Labute approximate surface area is 112 Å². The maximum Gasteiger partial charge on any atom is 0.233 e. The van der Waals surface area contributed by atoms with Gasteiger partial charge in [0.25, 0.3) is 0 Å². The Balaban J connectivity index is 2.00. The first-order chi connectivity index (χ1) is 9.19. The minimum atomic E-state index is -0.0158. The molecule has 1 aromatic heterocycles. The zero-order valence-corrected chi connectivity index (χ0v) is 11.1. The molecule has 2 aromatic rings. The lowest BCUT2D eigenvalue weighted by atomic mass is 10.3. The average Bonchev–Trinajstić information content (AvgIpc) is 2.88. The molecule has 0 atom stereocenters. The monoisotopic (exact) mass is 259 g/mol. The predicted octanol–water partition coefficient (Wildman–Crippen LogP) is 0.445. The smallest absolute Gasteiger partial charge is 0.233 e. The second-order valence-electron chi connectivity index (χ2n) is 4.31. The van der Waals surface area contributed by atoms with Crippen molar-refractivity contribution in [2.45, 2.75) is 6.54 Å². The molecular weight excluding hydrogens is 242 g/mol. The van der Waals surface area contributed by atoms with E-state index in [-0.39, 0.29) is 5.91 Å². The third-order valence-electron chi connectivity index (χ3n) is 2.65. The first-order valence-electron chi connectivity index (χ1n) is 6.05. The zero-order chi connectivity index (χ0) is 13.7. The number of rotatable bonds is 5. The summed E-state index contributed by atoms with van der Waals surface area (Å²) in [6, 6.07) is 9.72. The van der Waals surface area contributed by atoms with E-state index in [9.17, 15) is 4.79 Å². The topological polar surface area (TPSA) is 63.1 Å². The molecule has 19 heavy (non-hydrogen) atoms. The van der Waals surface area contributed by atoms with E-state index in [2.05, 4.69) is 15.5 Å². The predicted molar refractivity (Wildman–Crippen MR) is 71.8 cm³/mol. The molecule has 2 rings (SSSR count). The van der Waals surface area contributed by atoms with Gasteiger partial charge in [-0.3, -0.25) is 9.69 Å². The second-order valence-corrected chi connectivity index (χ2v) is 4.31. The fraction of sp³-hybridized carbons (Fsp3) is 0.308. The van der Waals surface area contributed by atoms with Gasteiger partial charge < -0.3 is 5.32 Å². The van der Waals surface area contributed by atoms with Gasteiger partial charge in [-0.1, -0.05) is 18.2 Å². The third-order valence-corrected chi connectivity index (χ3v) is 2.65. The molecule has 100 valence electrons. The van der Waals surface area contributed by atoms with Crippen LogP contribution in [0, 0.1) is 0 Å². The van der Waals surface area contributed by atoms with Gasteiger partial charge in [-0.2, -0.15) is 15.0 Å². The molecule has 0 fully saturated rings. The Morgan fingerprint density at radius 3 is 2.79 bits per heavy atom. The van der Waals surface area contributed by atoms with Crippen molar-refractivity contribution < 1.29 is 4.79 Å². The number of amides is 1. The summed E-state index contributed by atoms with van der Waals surface area (Å²) < 4.78 is 0. The lowest BCUT2D eigenvalue weighted by molar-refractivity contribution is -0.121. The molecule has 0 spiro atoms. The van der Waals surface area contributed by atoms with E-state index in [4.69, 9.17) is 0 Å². The molecule has 0 aliphatic rings. The number of likely N-dealkylation sites (N-methyl/N-ethyl adjacent to an activating group) is 2. The maximum absolute atomic E-state index is 11.2. The number of carbonyl (C=O) groups is 1. The maximum atomic E-state index is 11.2. The molecule has 1 heterocycles. The van der Waals surface area contributed by atoms with E-state index in [0.717, 1.165) is 11.4 Å². The number of nitrogens with zero attached hydrogens (tertiary/aromatic N) is 4. The van der Waals surface area contributed by atoms with Gasteiger partial charge in [0, 0.05) is 13.6 Å². The number of nitrogens with one attached hydrogen (secondary N) is 1. The van der Waals surface area contributed by atoms with Crippen molar-refractivity contribution in [3.05, 3.63) is 42.2 Å². The van der Waals surface area contributed by atoms with Gasteiger partial charge in [0.1, 0.15) is 0 Å². The van der Waals surface area contributed by atoms with Gasteiger partial charge in [-0.15, -0.1) is 0 Å². The molecule has 1 aromatic carbocycles. The summed E-state index contributed by atoms with van der Waals surface area (Å²) in [7, 11) is 3.50. The summed E-state index contributed by atoms with van der Waals surface area (Å²) in [5.41, 5.74) is 1.75. The van der Waals surface area contributed by atoms with Crippen LogP contribution in [0.2, 0.25) is 0 Å². The summed E-state index contributed by atoms with van der Waals surface area (Å²) in [6.07, 6.45) is 1.72. The minimum Gasteiger partial charge on any atom is -0.358 e. The van der Waals surface area contributed by atoms with Gasteiger partial charge in [0.05, 0.1) is 24.1 Å². The van der Waals surface area contributed by atoms with Crippen LogP contribution in [0.5, 0.6) is 0 Å². The Bertz CT molecular complexity index is 537. The molecule has 6 nitrogen and oxygen atoms in total. The first-order valence-corrected chi connectivity index (χ1v) is 6.05. The molecule has 0 unspecified atom stereocenters. The number of hydrogen-bond donors (Lipinski definition) is 1. The summed E-state index contributed by atoms with van der Waals surface area (Å²) in [5, 5.41) is 11.2. The van der Waals surface area contributed by atoms with E-state index < -0.39 is 0 Å². The van der Waals surface area contributed by atoms with Crippen LogP contribution in [-0.2, 0) is 11.3 Å². The van der Waals surface area contributed by atoms with Gasteiger partial charge >= 0.3 is 0 Å². The molecule has 0 aliphatic carbocycles. The van der Waals surface area contributed by atoms with Gasteiger partial charge in [0.2, 0.25) is 5.91 Å². The highest BCUT2D eigenvalue weighted by molar-refractivity contribution is 5.77. The third kappa shape index (κ3) is 3.62. The van der Waals surface area contributed by atoms with E-state index >= 15 is 0 Å². The van der Waals surface area contributed by atoms with Gasteiger partial charge in [-0.05, 0) is 19.2 Å². The van der Waals surface area contributed by atoms with Crippen molar-refractivity contribution in [3.63, 3.8) is 0 Å². The first kappa shape index (κ1) is 13.2. The minimum absolute atomic E-state index is 0.0158. The lowest BCUT2D eigenvalue weighted by Crippen LogP contribution is -2.32. The average molecular weight is 259 g/mol. The van der Waals surface area contributed by atoms with Crippen molar-refractivity contribution in [1.82, 2.24) is 25.2 Å². The van der Waals surface area contributed by atoms with E-state index in [0.29, 0.717) is 13.1 Å². The van der Waals surface area contributed by atoms with Crippen LogP contribution in [-0.4, -0.2) is 46.4 Å². The Morgan fingerprint density at radius 2 is 2.11 bits per heavy atom. The van der Waals surface area contributed by atoms with Crippen LogP contribution in [0.15, 0.2) is 36.5 Å². The SMILES string of the molecule is CNC(=O)CN(C)Cc1cnn(-c2ccccc2)n1. The highest BCUT2D eigenvalue weighted by atomic mass is 16.1. The number of hydrogen-bond acceptors (Lipinski definition) is 4.